The van der Waals surface area contributed by atoms with Crippen LogP contribution >= 0.6 is 0 Å². The summed E-state index contributed by atoms with van der Waals surface area (Å²) in [6.45, 7) is 4.87. The van der Waals surface area contributed by atoms with Gasteiger partial charge in [0.15, 0.2) is 5.78 Å². The molecule has 0 aromatic heterocycles. The van der Waals surface area contributed by atoms with Gasteiger partial charge in [0.1, 0.15) is 5.75 Å². The zero-order chi connectivity index (χ0) is 12.5. The van der Waals surface area contributed by atoms with E-state index in [2.05, 4.69) is 5.32 Å². The number of ether oxygens (including phenoxy) is 1. The molecule has 92 valence electrons. The third-order valence-corrected chi connectivity index (χ3v) is 3.55. The highest BCUT2D eigenvalue weighted by molar-refractivity contribution is 6.04. The molecule has 1 aromatic rings. The average molecular weight is 233 g/mol. The lowest BCUT2D eigenvalue weighted by molar-refractivity contribution is 0.0883. The molecule has 1 unspecified atom stereocenters. The molecule has 0 amide bonds. The molecular formula is C14H19NO2. The van der Waals surface area contributed by atoms with Crippen molar-refractivity contribution in [1.82, 2.24) is 5.32 Å². The predicted octanol–water partition coefficient (Wildman–Crippen LogP) is 2.33. The normalized spacial score (nSPS) is 23.7. The molecule has 2 rings (SSSR count). The Kier molecular flexibility index (Phi) is 3.20. The maximum atomic E-state index is 12.5. The van der Waals surface area contributed by atoms with Crippen LogP contribution in [0.3, 0.4) is 0 Å². The highest BCUT2D eigenvalue weighted by Gasteiger charge is 2.36. The number of aryl methyl sites for hydroxylation is 1. The lowest BCUT2D eigenvalue weighted by Crippen LogP contribution is -2.44. The Morgan fingerprint density at radius 3 is 2.76 bits per heavy atom. The predicted molar refractivity (Wildman–Crippen MR) is 67.7 cm³/mol. The minimum absolute atomic E-state index is 0.190. The fourth-order valence-electron chi connectivity index (χ4n) is 2.40. The van der Waals surface area contributed by atoms with Gasteiger partial charge in [0.2, 0.25) is 0 Å². The van der Waals surface area contributed by atoms with E-state index in [0.717, 1.165) is 36.3 Å². The van der Waals surface area contributed by atoms with Crippen molar-refractivity contribution in [2.75, 3.05) is 13.7 Å². The van der Waals surface area contributed by atoms with Crippen LogP contribution in [0.15, 0.2) is 18.2 Å². The Labute approximate surface area is 102 Å². The van der Waals surface area contributed by atoms with Gasteiger partial charge >= 0.3 is 0 Å². The monoisotopic (exact) mass is 233 g/mol. The van der Waals surface area contributed by atoms with E-state index in [9.17, 15) is 4.79 Å². The first-order valence-corrected chi connectivity index (χ1v) is 6.01. The third kappa shape index (κ3) is 2.20. The Hall–Kier alpha value is -1.35. The van der Waals surface area contributed by atoms with Crippen LogP contribution in [0, 0.1) is 6.92 Å². The summed E-state index contributed by atoms with van der Waals surface area (Å²) in [4.78, 5) is 12.5. The fraction of sp³-hybridized carbons (Fsp3) is 0.500. The van der Waals surface area contributed by atoms with E-state index in [1.165, 1.54) is 0 Å². The maximum absolute atomic E-state index is 12.5. The van der Waals surface area contributed by atoms with E-state index < -0.39 is 0 Å². The highest BCUT2D eigenvalue weighted by Crippen LogP contribution is 2.26. The van der Waals surface area contributed by atoms with Crippen molar-refractivity contribution in [1.29, 1.82) is 0 Å². The number of rotatable bonds is 3. The van der Waals surface area contributed by atoms with Crippen molar-refractivity contribution < 1.29 is 9.53 Å². The topological polar surface area (TPSA) is 38.3 Å². The van der Waals surface area contributed by atoms with Crippen LogP contribution in [0.25, 0.3) is 0 Å². The van der Waals surface area contributed by atoms with Gasteiger partial charge in [-0.05, 0) is 57.0 Å². The van der Waals surface area contributed by atoms with Gasteiger partial charge in [0.05, 0.1) is 12.6 Å². The van der Waals surface area contributed by atoms with Gasteiger partial charge in [-0.1, -0.05) is 0 Å². The second-order valence-corrected chi connectivity index (χ2v) is 4.87. The van der Waals surface area contributed by atoms with Gasteiger partial charge in [0.25, 0.3) is 0 Å². The SMILES string of the molecule is COc1ccc(C(=O)C2(C)CCCN2)c(C)c1. The van der Waals surface area contributed by atoms with Crippen molar-refractivity contribution in [3.63, 3.8) is 0 Å². The molecule has 1 aliphatic rings. The standard InChI is InChI=1S/C14H19NO2/c1-10-9-11(17-3)5-6-12(10)13(16)14(2)7-4-8-15-14/h5-6,9,15H,4,7-8H2,1-3H3. The molecule has 1 heterocycles. The molecule has 0 radical (unpaired) electrons. The van der Waals surface area contributed by atoms with Crippen molar-refractivity contribution >= 4 is 5.78 Å². The van der Waals surface area contributed by atoms with Gasteiger partial charge in [-0.2, -0.15) is 0 Å². The molecule has 1 N–H and O–H groups in total. The number of nitrogens with one attached hydrogen (secondary N) is 1. The Morgan fingerprint density at radius 2 is 2.24 bits per heavy atom. The summed E-state index contributed by atoms with van der Waals surface area (Å²) < 4.78 is 5.15. The molecule has 1 aromatic carbocycles. The summed E-state index contributed by atoms with van der Waals surface area (Å²) in [6.07, 6.45) is 1.98. The van der Waals surface area contributed by atoms with E-state index in [-0.39, 0.29) is 11.3 Å². The van der Waals surface area contributed by atoms with Crippen molar-refractivity contribution in [3.05, 3.63) is 29.3 Å². The maximum Gasteiger partial charge on any atom is 0.182 e. The molecule has 0 bridgehead atoms. The number of ketones is 1. The van der Waals surface area contributed by atoms with Gasteiger partial charge in [-0.15, -0.1) is 0 Å². The lowest BCUT2D eigenvalue weighted by Gasteiger charge is -2.23. The van der Waals surface area contributed by atoms with Crippen LogP contribution in [0.5, 0.6) is 5.75 Å². The Morgan fingerprint density at radius 1 is 1.47 bits per heavy atom. The number of carbonyl (C=O) groups excluding carboxylic acids is 1. The quantitative estimate of drug-likeness (QED) is 0.814. The zero-order valence-electron chi connectivity index (χ0n) is 10.7. The summed E-state index contributed by atoms with van der Waals surface area (Å²) in [5, 5.41) is 3.31. The minimum atomic E-state index is -0.390. The molecule has 1 atom stereocenters. The summed E-state index contributed by atoms with van der Waals surface area (Å²) in [5.41, 5.74) is 1.38. The van der Waals surface area contributed by atoms with Crippen molar-refractivity contribution in [3.8, 4) is 5.75 Å². The highest BCUT2D eigenvalue weighted by atomic mass is 16.5. The largest absolute Gasteiger partial charge is 0.497 e. The summed E-state index contributed by atoms with van der Waals surface area (Å²) >= 11 is 0. The summed E-state index contributed by atoms with van der Waals surface area (Å²) in [7, 11) is 1.64. The Bertz CT molecular complexity index is 434. The number of carbonyl (C=O) groups is 1. The van der Waals surface area contributed by atoms with E-state index in [1.807, 2.05) is 32.0 Å². The van der Waals surface area contributed by atoms with Crippen LogP contribution in [0.1, 0.15) is 35.7 Å². The summed E-state index contributed by atoms with van der Waals surface area (Å²) in [6, 6.07) is 5.62. The molecule has 0 aliphatic carbocycles. The van der Waals surface area contributed by atoms with Crippen LogP contribution in [-0.4, -0.2) is 25.0 Å². The zero-order valence-corrected chi connectivity index (χ0v) is 10.7. The van der Waals surface area contributed by atoms with Crippen LogP contribution in [0.4, 0.5) is 0 Å². The molecule has 17 heavy (non-hydrogen) atoms. The fourth-order valence-corrected chi connectivity index (χ4v) is 2.40. The molecule has 3 heteroatoms. The van der Waals surface area contributed by atoms with Gasteiger partial charge in [0, 0.05) is 5.56 Å². The van der Waals surface area contributed by atoms with E-state index in [4.69, 9.17) is 4.74 Å². The van der Waals surface area contributed by atoms with Gasteiger partial charge in [-0.3, -0.25) is 4.79 Å². The van der Waals surface area contributed by atoms with E-state index in [0.29, 0.717) is 0 Å². The number of methoxy groups -OCH3 is 1. The van der Waals surface area contributed by atoms with E-state index in [1.54, 1.807) is 7.11 Å². The smallest absolute Gasteiger partial charge is 0.182 e. The molecule has 1 fully saturated rings. The van der Waals surface area contributed by atoms with Gasteiger partial charge < -0.3 is 10.1 Å². The second kappa shape index (κ2) is 4.49. The molecular weight excluding hydrogens is 214 g/mol. The number of hydrogen-bond donors (Lipinski definition) is 1. The molecule has 0 spiro atoms. The number of Topliss-reactive ketones (excluding diaryl/α,β-unsaturated/α-hetero) is 1. The molecule has 0 saturated carbocycles. The van der Waals surface area contributed by atoms with Crippen LogP contribution < -0.4 is 10.1 Å². The van der Waals surface area contributed by atoms with Crippen molar-refractivity contribution in [2.45, 2.75) is 32.2 Å². The van der Waals surface area contributed by atoms with Gasteiger partial charge in [-0.25, -0.2) is 0 Å². The summed E-state index contributed by atoms with van der Waals surface area (Å²) in [5.74, 6) is 0.985. The lowest BCUT2D eigenvalue weighted by atomic mass is 9.88. The number of benzene rings is 1. The van der Waals surface area contributed by atoms with E-state index >= 15 is 0 Å². The first-order chi connectivity index (χ1) is 8.07. The second-order valence-electron chi connectivity index (χ2n) is 4.87. The minimum Gasteiger partial charge on any atom is -0.497 e. The average Bonchev–Trinajstić information content (AvgIpc) is 2.76. The van der Waals surface area contributed by atoms with Crippen LogP contribution in [0.2, 0.25) is 0 Å². The van der Waals surface area contributed by atoms with Crippen LogP contribution in [-0.2, 0) is 0 Å². The molecule has 3 nitrogen and oxygen atoms in total. The van der Waals surface area contributed by atoms with Crippen molar-refractivity contribution in [2.24, 2.45) is 0 Å². The number of hydrogen-bond acceptors (Lipinski definition) is 3. The molecule has 1 aliphatic heterocycles. The molecule has 1 saturated heterocycles. The first kappa shape index (κ1) is 12.1. The third-order valence-electron chi connectivity index (χ3n) is 3.55. The first-order valence-electron chi connectivity index (χ1n) is 6.01. The Balaban J connectivity index is 2.31.